The first kappa shape index (κ1) is 23.8. The van der Waals surface area contributed by atoms with E-state index in [-0.39, 0.29) is 0 Å². The zero-order valence-corrected chi connectivity index (χ0v) is 20.3. The average Bonchev–Trinajstić information content (AvgIpc) is 3.29. The molecule has 2 heterocycles. The number of imidazole rings is 1. The molecule has 0 aliphatic rings. The van der Waals surface area contributed by atoms with Gasteiger partial charge < -0.3 is 14.5 Å². The van der Waals surface area contributed by atoms with Gasteiger partial charge in [0.15, 0.2) is 0 Å². The molecule has 0 bridgehead atoms. The Bertz CT molecular complexity index is 1340. The molecule has 8 heteroatoms. The van der Waals surface area contributed by atoms with Gasteiger partial charge in [0.05, 0.1) is 0 Å². The van der Waals surface area contributed by atoms with E-state index in [2.05, 4.69) is 64.6 Å². The number of hydrogen-bond acceptors (Lipinski definition) is 5. The molecule has 0 atom stereocenters. The molecule has 0 aliphatic heterocycles. The molecule has 4 rings (SSSR count). The minimum atomic E-state index is -0.720. The lowest BCUT2D eigenvalue weighted by Gasteiger charge is -2.19. The Kier molecular flexibility index (Phi) is 6.73. The highest BCUT2D eigenvalue weighted by Crippen LogP contribution is 2.24. The molecule has 0 spiro atoms. The Hall–Kier alpha value is -4.33. The summed E-state index contributed by atoms with van der Waals surface area (Å²) >= 11 is 0. The van der Waals surface area contributed by atoms with Crippen LogP contribution in [0.25, 0.3) is 16.8 Å². The lowest BCUT2D eigenvalue weighted by Crippen LogP contribution is -2.44. The third kappa shape index (κ3) is 6.17. The van der Waals surface area contributed by atoms with Gasteiger partial charge in [-0.2, -0.15) is 0 Å². The van der Waals surface area contributed by atoms with E-state index >= 15 is 0 Å². The summed E-state index contributed by atoms with van der Waals surface area (Å²) in [5.74, 6) is -0.438. The molecule has 2 amide bonds. The van der Waals surface area contributed by atoms with Gasteiger partial charge >= 0.3 is 6.09 Å². The van der Waals surface area contributed by atoms with E-state index in [0.29, 0.717) is 12.1 Å². The number of benzene rings is 2. The fraction of sp³-hybridized carbons (Fsp3) is 0.222. The Morgan fingerprint density at radius 3 is 2.37 bits per heavy atom. The quantitative estimate of drug-likeness (QED) is 0.352. The van der Waals surface area contributed by atoms with Crippen molar-refractivity contribution in [3.63, 3.8) is 0 Å². The molecule has 0 unspecified atom stereocenters. The van der Waals surface area contributed by atoms with Crippen LogP contribution in [0.4, 0.5) is 10.5 Å². The van der Waals surface area contributed by atoms with Crippen molar-refractivity contribution in [3.05, 3.63) is 89.9 Å². The first-order valence-corrected chi connectivity index (χ1v) is 11.3. The number of nitrogens with zero attached hydrogens (tertiary/aromatic N) is 2. The van der Waals surface area contributed by atoms with Crippen LogP contribution in [-0.4, -0.2) is 27.0 Å². The number of hydrogen-bond donors (Lipinski definition) is 3. The van der Waals surface area contributed by atoms with Crippen molar-refractivity contribution in [1.29, 1.82) is 0 Å². The number of nitrogens with one attached hydrogen (secondary N) is 3. The maximum absolute atomic E-state index is 12.3. The van der Waals surface area contributed by atoms with E-state index < -0.39 is 17.6 Å². The Morgan fingerprint density at radius 1 is 0.971 bits per heavy atom. The molecule has 2 aromatic heterocycles. The number of ether oxygens (including phenoxy) is 1. The maximum atomic E-state index is 12.3. The second-order valence-electron chi connectivity index (χ2n) is 9.29. The van der Waals surface area contributed by atoms with Gasteiger partial charge in [0.1, 0.15) is 11.2 Å². The number of anilines is 1. The first-order valence-electron chi connectivity index (χ1n) is 11.3. The van der Waals surface area contributed by atoms with Crippen LogP contribution in [0.3, 0.4) is 0 Å². The topological polar surface area (TPSA) is 96.8 Å². The number of fused-ring (bicyclic) bond motifs is 1. The fourth-order valence-corrected chi connectivity index (χ4v) is 3.56. The van der Waals surface area contributed by atoms with Crippen molar-refractivity contribution in [1.82, 2.24) is 20.2 Å². The number of rotatable bonds is 5. The highest BCUT2D eigenvalue weighted by molar-refractivity contribution is 5.95. The van der Waals surface area contributed by atoms with Crippen LogP contribution in [0, 0.1) is 6.92 Å². The van der Waals surface area contributed by atoms with Crippen molar-refractivity contribution in [2.45, 2.75) is 39.8 Å². The first-order chi connectivity index (χ1) is 16.7. The van der Waals surface area contributed by atoms with Crippen molar-refractivity contribution >= 4 is 23.3 Å². The van der Waals surface area contributed by atoms with Crippen LogP contribution in [0.5, 0.6) is 0 Å². The number of carbonyl (C=O) groups is 2. The SMILES string of the molecule is Cc1ccc(-c2cc(CNc3ccc(C(=O)NNC(=O)OC(C)(C)C)cc3)c3nccn3c2)cc1. The number of hydrazine groups is 1. The molecular weight excluding hydrogens is 442 g/mol. The molecule has 0 aliphatic carbocycles. The molecule has 0 radical (unpaired) electrons. The predicted octanol–water partition coefficient (Wildman–Crippen LogP) is 5.09. The number of carbonyl (C=O) groups excluding carboxylic acids is 2. The second-order valence-corrected chi connectivity index (χ2v) is 9.29. The molecule has 0 fully saturated rings. The van der Waals surface area contributed by atoms with Gasteiger partial charge in [-0.15, -0.1) is 0 Å². The summed E-state index contributed by atoms with van der Waals surface area (Å²) in [7, 11) is 0. The summed E-state index contributed by atoms with van der Waals surface area (Å²) in [6, 6.07) is 17.6. The largest absolute Gasteiger partial charge is 0.443 e. The Labute approximate surface area is 204 Å². The van der Waals surface area contributed by atoms with Crippen molar-refractivity contribution in [2.24, 2.45) is 0 Å². The summed E-state index contributed by atoms with van der Waals surface area (Å²) in [6.45, 7) is 7.87. The second kappa shape index (κ2) is 9.89. The molecule has 8 nitrogen and oxygen atoms in total. The van der Waals surface area contributed by atoms with Crippen LogP contribution in [0.15, 0.2) is 73.2 Å². The van der Waals surface area contributed by atoms with Gasteiger partial charge in [-0.05, 0) is 69.2 Å². The highest BCUT2D eigenvalue weighted by atomic mass is 16.6. The standard InChI is InChI=1S/C27H29N5O3/c1-18-5-7-19(8-6-18)22-15-21(24-28-13-14-32(24)17-22)16-29-23-11-9-20(10-12-23)25(33)30-31-26(34)35-27(2,3)4/h5-15,17,29H,16H2,1-4H3,(H,30,33)(H,31,34). The van der Waals surface area contributed by atoms with E-state index in [1.807, 2.05) is 22.7 Å². The summed E-state index contributed by atoms with van der Waals surface area (Å²) in [6.07, 6.45) is 5.09. The van der Waals surface area contributed by atoms with E-state index in [4.69, 9.17) is 4.74 Å². The zero-order chi connectivity index (χ0) is 25.0. The van der Waals surface area contributed by atoms with Gasteiger partial charge in [0, 0.05) is 41.9 Å². The van der Waals surface area contributed by atoms with Gasteiger partial charge in [-0.3, -0.25) is 10.2 Å². The number of aromatic nitrogens is 2. The number of aryl methyl sites for hydroxylation is 1. The average molecular weight is 472 g/mol. The van der Waals surface area contributed by atoms with Crippen LogP contribution in [0.1, 0.15) is 42.3 Å². The molecule has 2 aromatic carbocycles. The van der Waals surface area contributed by atoms with Crippen molar-refractivity contribution in [3.8, 4) is 11.1 Å². The number of amides is 2. The number of pyridine rings is 1. The Morgan fingerprint density at radius 2 is 1.69 bits per heavy atom. The van der Waals surface area contributed by atoms with E-state index in [9.17, 15) is 9.59 Å². The molecule has 35 heavy (non-hydrogen) atoms. The lowest BCUT2D eigenvalue weighted by atomic mass is 10.0. The van der Waals surface area contributed by atoms with Crippen LogP contribution in [0.2, 0.25) is 0 Å². The van der Waals surface area contributed by atoms with E-state index in [1.165, 1.54) is 5.56 Å². The molecule has 3 N–H and O–H groups in total. The van der Waals surface area contributed by atoms with Gasteiger partial charge in [0.2, 0.25) is 0 Å². The molecular formula is C27H29N5O3. The molecule has 0 saturated heterocycles. The van der Waals surface area contributed by atoms with Crippen molar-refractivity contribution in [2.75, 3.05) is 5.32 Å². The van der Waals surface area contributed by atoms with Gasteiger partial charge in [-0.1, -0.05) is 29.8 Å². The summed E-state index contributed by atoms with van der Waals surface area (Å²) in [5.41, 5.74) is 10.6. The fourth-order valence-electron chi connectivity index (χ4n) is 3.56. The zero-order valence-electron chi connectivity index (χ0n) is 20.3. The molecule has 4 aromatic rings. The minimum absolute atomic E-state index is 0.406. The maximum Gasteiger partial charge on any atom is 0.426 e. The monoisotopic (exact) mass is 471 g/mol. The minimum Gasteiger partial charge on any atom is -0.443 e. The van der Waals surface area contributed by atoms with E-state index in [0.717, 1.165) is 28.0 Å². The molecule has 0 saturated carbocycles. The molecule has 180 valence electrons. The highest BCUT2D eigenvalue weighted by Gasteiger charge is 2.17. The van der Waals surface area contributed by atoms with E-state index in [1.54, 1.807) is 39.1 Å². The van der Waals surface area contributed by atoms with Gasteiger partial charge in [0.25, 0.3) is 5.91 Å². The van der Waals surface area contributed by atoms with Crippen LogP contribution >= 0.6 is 0 Å². The van der Waals surface area contributed by atoms with Crippen LogP contribution < -0.4 is 16.2 Å². The summed E-state index contributed by atoms with van der Waals surface area (Å²) in [4.78, 5) is 28.5. The van der Waals surface area contributed by atoms with Crippen molar-refractivity contribution < 1.29 is 14.3 Å². The summed E-state index contributed by atoms with van der Waals surface area (Å²) in [5, 5.41) is 3.40. The van der Waals surface area contributed by atoms with Gasteiger partial charge in [-0.25, -0.2) is 15.2 Å². The Balaban J connectivity index is 1.41. The normalized spacial score (nSPS) is 11.2. The summed E-state index contributed by atoms with van der Waals surface area (Å²) < 4.78 is 7.13. The van der Waals surface area contributed by atoms with Crippen LogP contribution in [-0.2, 0) is 11.3 Å². The third-order valence-corrected chi connectivity index (χ3v) is 5.26. The smallest absolute Gasteiger partial charge is 0.426 e. The lowest BCUT2D eigenvalue weighted by molar-refractivity contribution is 0.0483. The predicted molar refractivity (Wildman–Crippen MR) is 136 cm³/mol. The third-order valence-electron chi connectivity index (χ3n) is 5.26.